The highest BCUT2D eigenvalue weighted by molar-refractivity contribution is 6.42. The van der Waals surface area contributed by atoms with Crippen LogP contribution in [0.1, 0.15) is 65.2 Å². The molecule has 0 N–H and O–H groups in total. The minimum absolute atomic E-state index is 0.0235. The van der Waals surface area contributed by atoms with Gasteiger partial charge in [-0.3, -0.25) is 19.2 Å². The van der Waals surface area contributed by atoms with E-state index in [0.29, 0.717) is 5.02 Å². The fourth-order valence-electron chi connectivity index (χ4n) is 7.66. The topological polar surface area (TPSA) is 101 Å². The number of hydrogen-bond acceptors (Lipinski definition) is 6. The molecule has 1 fully saturated rings. The van der Waals surface area contributed by atoms with Gasteiger partial charge in [-0.1, -0.05) is 94.9 Å². The van der Waals surface area contributed by atoms with Crippen molar-refractivity contribution in [3.8, 4) is 5.75 Å². The molecule has 0 unspecified atom stereocenters. The van der Waals surface area contributed by atoms with Crippen molar-refractivity contribution >= 4 is 75.9 Å². The molecule has 0 saturated carbocycles. The third-order valence-electron chi connectivity index (χ3n) is 9.90. The predicted molar refractivity (Wildman–Crippen MR) is 195 cm³/mol. The van der Waals surface area contributed by atoms with Crippen LogP contribution < -0.4 is 4.74 Å². The highest BCUT2D eigenvalue weighted by atomic mass is 35.5. The molecule has 5 aromatic carbocycles. The molecule has 1 aliphatic heterocycles. The Balaban J connectivity index is 1.12. The number of nitrogens with zero attached hydrogens (tertiary/aromatic N) is 2. The molecule has 3 aliphatic carbocycles. The Bertz CT molecular complexity index is 2250. The fourth-order valence-corrected chi connectivity index (χ4v) is 8.45. The number of esters is 1. The van der Waals surface area contributed by atoms with Gasteiger partial charge < -0.3 is 4.74 Å². The number of halogens is 4. The first kappa shape index (κ1) is 34.1. The fraction of sp³-hybridized carbons (Fsp3) is 0.125. The van der Waals surface area contributed by atoms with E-state index in [9.17, 15) is 24.0 Å². The van der Waals surface area contributed by atoms with Gasteiger partial charge in [-0.15, -0.1) is 0 Å². The Morgan fingerprint density at radius 3 is 1.67 bits per heavy atom. The molecule has 3 amide bonds. The molecule has 2 bridgehead atoms. The largest absolute Gasteiger partial charge is 0.423 e. The van der Waals surface area contributed by atoms with Gasteiger partial charge in [0.2, 0.25) is 0 Å². The second-order valence-electron chi connectivity index (χ2n) is 12.7. The van der Waals surface area contributed by atoms with Crippen LogP contribution >= 0.6 is 46.4 Å². The van der Waals surface area contributed by atoms with Gasteiger partial charge in [0.1, 0.15) is 12.3 Å². The van der Waals surface area contributed by atoms with Crippen molar-refractivity contribution in [3.63, 3.8) is 0 Å². The maximum Gasteiger partial charge on any atom is 0.345 e. The van der Waals surface area contributed by atoms with Gasteiger partial charge in [0.15, 0.2) is 5.78 Å². The van der Waals surface area contributed by atoms with Crippen molar-refractivity contribution in [1.82, 2.24) is 10.0 Å². The molecule has 12 heteroatoms. The van der Waals surface area contributed by atoms with E-state index in [1.807, 2.05) is 48.5 Å². The Labute approximate surface area is 317 Å². The quantitative estimate of drug-likeness (QED) is 0.0711. The van der Waals surface area contributed by atoms with Crippen LogP contribution in [0.3, 0.4) is 0 Å². The maximum atomic E-state index is 14.6. The summed E-state index contributed by atoms with van der Waals surface area (Å²) < 4.78 is 5.43. The van der Waals surface area contributed by atoms with E-state index in [2.05, 4.69) is 0 Å². The molecule has 2 atom stereocenters. The summed E-state index contributed by atoms with van der Waals surface area (Å²) in [5, 5.41) is 2.50. The minimum Gasteiger partial charge on any atom is -0.423 e. The van der Waals surface area contributed by atoms with Crippen LogP contribution in [0.2, 0.25) is 20.1 Å². The van der Waals surface area contributed by atoms with Gasteiger partial charge in [0, 0.05) is 28.0 Å². The van der Waals surface area contributed by atoms with Gasteiger partial charge in [0.25, 0.3) is 17.7 Å². The van der Waals surface area contributed by atoms with Crippen LogP contribution in [0.5, 0.6) is 5.75 Å². The van der Waals surface area contributed by atoms with Gasteiger partial charge in [-0.05, 0) is 82.9 Å². The maximum absolute atomic E-state index is 14.6. The lowest BCUT2D eigenvalue weighted by molar-refractivity contribution is -0.154. The van der Waals surface area contributed by atoms with Crippen molar-refractivity contribution in [2.75, 3.05) is 6.54 Å². The highest BCUT2D eigenvalue weighted by Gasteiger charge is 2.63. The standard InChI is InChI=1S/C40H24Cl4N2O6/c41-22-12-15-28(30(43)18-22)40(51)52-23-13-9-20(10-14-23)32(47)19-45(37(48)21-11-16-29(42)31(44)17-21)46-38(49)35-33-24-5-1-2-6-25(24)34(36(35)39(46)50)27-8-4-3-7-26(27)33/h1-18,33-36H,19H2/t33?,34?,35-,36-/m1/s1. The van der Waals surface area contributed by atoms with Gasteiger partial charge in [-0.25, -0.2) is 9.80 Å². The van der Waals surface area contributed by atoms with E-state index in [1.165, 1.54) is 60.7 Å². The molecule has 52 heavy (non-hydrogen) atoms. The summed E-state index contributed by atoms with van der Waals surface area (Å²) in [6.45, 7) is -0.662. The first-order valence-corrected chi connectivity index (χ1v) is 17.7. The molecule has 9 rings (SSSR count). The lowest BCUT2D eigenvalue weighted by atomic mass is 9.55. The average Bonchev–Trinajstić information content (AvgIpc) is 3.41. The zero-order chi connectivity index (χ0) is 36.4. The van der Waals surface area contributed by atoms with Crippen LogP contribution in [-0.4, -0.2) is 46.0 Å². The normalized spacial score (nSPS) is 19.5. The SMILES string of the molecule is O=C(CN(C(=O)c1ccc(Cl)c(Cl)c1)N1C(=O)[C@@H]2C3c4ccccc4C(c4ccccc43)[C@H]2C1=O)c1ccc(OC(=O)c2ccc(Cl)cc2Cl)cc1. The summed E-state index contributed by atoms with van der Waals surface area (Å²) in [6, 6.07) is 29.7. The number of hydrogen-bond donors (Lipinski definition) is 0. The molecular formula is C40H24Cl4N2O6. The molecule has 258 valence electrons. The van der Waals surface area contributed by atoms with Crippen LogP contribution in [-0.2, 0) is 9.59 Å². The van der Waals surface area contributed by atoms with E-state index in [4.69, 9.17) is 51.1 Å². The van der Waals surface area contributed by atoms with Crippen molar-refractivity contribution in [3.05, 3.63) is 168 Å². The summed E-state index contributed by atoms with van der Waals surface area (Å²) in [7, 11) is 0. The Morgan fingerprint density at radius 1 is 0.615 bits per heavy atom. The second-order valence-corrected chi connectivity index (χ2v) is 14.4. The first-order chi connectivity index (χ1) is 25.0. The zero-order valence-electron chi connectivity index (χ0n) is 26.8. The van der Waals surface area contributed by atoms with E-state index in [1.54, 1.807) is 0 Å². The van der Waals surface area contributed by atoms with Crippen LogP contribution in [0.4, 0.5) is 0 Å². The molecule has 5 aromatic rings. The van der Waals surface area contributed by atoms with Crippen molar-refractivity contribution in [1.29, 1.82) is 0 Å². The zero-order valence-corrected chi connectivity index (χ0v) is 29.8. The molecule has 4 aliphatic rings. The van der Waals surface area contributed by atoms with Gasteiger partial charge in [0.05, 0.1) is 32.5 Å². The number of hydrazine groups is 1. The Morgan fingerprint density at radius 2 is 1.15 bits per heavy atom. The number of benzene rings is 5. The van der Waals surface area contributed by atoms with Crippen LogP contribution in [0, 0.1) is 11.8 Å². The van der Waals surface area contributed by atoms with Gasteiger partial charge in [-0.2, -0.15) is 5.01 Å². The summed E-state index contributed by atoms with van der Waals surface area (Å²) in [5.74, 6) is -5.54. The third kappa shape index (κ3) is 5.58. The first-order valence-electron chi connectivity index (χ1n) is 16.2. The molecule has 1 heterocycles. The number of carbonyl (C=O) groups is 5. The molecule has 0 aromatic heterocycles. The number of amides is 3. The Kier molecular flexibility index (Phi) is 8.66. The summed E-state index contributed by atoms with van der Waals surface area (Å²) in [5.41, 5.74) is 4.12. The van der Waals surface area contributed by atoms with Crippen molar-refractivity contribution < 1.29 is 28.7 Å². The van der Waals surface area contributed by atoms with Crippen LogP contribution in [0.25, 0.3) is 0 Å². The number of Topliss-reactive ketones (excluding diaryl/α,β-unsaturated/α-hetero) is 1. The molecule has 1 saturated heterocycles. The van der Waals surface area contributed by atoms with Crippen molar-refractivity contribution in [2.45, 2.75) is 11.8 Å². The average molecular weight is 770 g/mol. The number of ether oxygens (including phenoxy) is 1. The smallest absolute Gasteiger partial charge is 0.345 e. The summed E-state index contributed by atoms with van der Waals surface area (Å²) in [4.78, 5) is 70.0. The van der Waals surface area contributed by atoms with Crippen LogP contribution in [0.15, 0.2) is 109 Å². The number of ketones is 1. The monoisotopic (exact) mass is 768 g/mol. The Hall–Kier alpha value is -4.99. The minimum atomic E-state index is -0.792. The lowest BCUT2D eigenvalue weighted by Gasteiger charge is -2.45. The summed E-state index contributed by atoms with van der Waals surface area (Å²) >= 11 is 24.5. The highest BCUT2D eigenvalue weighted by Crippen LogP contribution is 2.61. The van der Waals surface area contributed by atoms with E-state index in [-0.39, 0.29) is 37.5 Å². The molecule has 0 radical (unpaired) electrons. The second kappa shape index (κ2) is 13.2. The van der Waals surface area contributed by atoms with E-state index in [0.717, 1.165) is 32.3 Å². The van der Waals surface area contributed by atoms with E-state index >= 15 is 0 Å². The summed E-state index contributed by atoms with van der Waals surface area (Å²) in [6.07, 6.45) is 0. The molecule has 8 nitrogen and oxygen atoms in total. The number of carbonyl (C=O) groups excluding carboxylic acids is 5. The molecular weight excluding hydrogens is 746 g/mol. The van der Waals surface area contributed by atoms with Crippen molar-refractivity contribution in [2.24, 2.45) is 11.8 Å². The number of rotatable bonds is 7. The molecule has 0 spiro atoms. The number of imide groups is 1. The van der Waals surface area contributed by atoms with E-state index < -0.39 is 59.7 Å². The third-order valence-corrected chi connectivity index (χ3v) is 11.2. The lowest BCUT2D eigenvalue weighted by Crippen LogP contribution is -2.52. The predicted octanol–water partition coefficient (Wildman–Crippen LogP) is 8.65. The van der Waals surface area contributed by atoms with Gasteiger partial charge >= 0.3 is 5.97 Å².